The molecule has 0 radical (unpaired) electrons. The highest BCUT2D eigenvalue weighted by Gasteiger charge is 2.17. The smallest absolute Gasteiger partial charge is 0.156 e. The summed E-state index contributed by atoms with van der Waals surface area (Å²) in [4.78, 5) is 23.4. The Morgan fingerprint density at radius 1 is 0.750 bits per heavy atom. The Hall–Kier alpha value is -3.59. The molecule has 2 aliphatic heterocycles. The molecule has 162 valence electrons. The average molecular weight is 428 g/mol. The molecular formula is C23H25N9. The number of aromatic nitrogens is 6. The summed E-state index contributed by atoms with van der Waals surface area (Å²) < 4.78 is 1.88. The molecule has 6 rings (SSSR count). The lowest BCUT2D eigenvalue weighted by atomic mass is 10.2. The van der Waals surface area contributed by atoms with Gasteiger partial charge in [0.05, 0.1) is 29.8 Å². The summed E-state index contributed by atoms with van der Waals surface area (Å²) in [5, 5.41) is 8.96. The van der Waals surface area contributed by atoms with Crippen molar-refractivity contribution in [3.8, 4) is 17.2 Å². The van der Waals surface area contributed by atoms with Crippen molar-refractivity contribution in [2.75, 3.05) is 49.1 Å². The van der Waals surface area contributed by atoms with Gasteiger partial charge in [0.15, 0.2) is 5.82 Å². The van der Waals surface area contributed by atoms with Gasteiger partial charge in [-0.25, -0.2) is 14.6 Å². The van der Waals surface area contributed by atoms with E-state index in [0.717, 1.165) is 79.0 Å². The summed E-state index contributed by atoms with van der Waals surface area (Å²) in [5.74, 6) is 2.69. The Morgan fingerprint density at radius 2 is 1.56 bits per heavy atom. The second-order valence-electron chi connectivity index (χ2n) is 8.23. The Morgan fingerprint density at radius 3 is 2.44 bits per heavy atom. The molecule has 1 N–H and O–H groups in total. The van der Waals surface area contributed by atoms with Gasteiger partial charge in [-0.3, -0.25) is 9.97 Å². The van der Waals surface area contributed by atoms with Gasteiger partial charge < -0.3 is 15.1 Å². The molecule has 0 amide bonds. The molecule has 0 spiro atoms. The van der Waals surface area contributed by atoms with Gasteiger partial charge in [-0.2, -0.15) is 5.10 Å². The molecule has 0 aromatic carbocycles. The van der Waals surface area contributed by atoms with Gasteiger partial charge in [-0.05, 0) is 31.0 Å². The fraction of sp³-hybridized carbons (Fsp3) is 0.348. The van der Waals surface area contributed by atoms with Crippen LogP contribution in [0.5, 0.6) is 0 Å². The zero-order valence-electron chi connectivity index (χ0n) is 17.9. The molecule has 32 heavy (non-hydrogen) atoms. The van der Waals surface area contributed by atoms with Gasteiger partial charge in [0.25, 0.3) is 0 Å². The van der Waals surface area contributed by atoms with Crippen LogP contribution in [0.4, 0.5) is 11.6 Å². The van der Waals surface area contributed by atoms with Crippen LogP contribution in [-0.4, -0.2) is 69.0 Å². The van der Waals surface area contributed by atoms with Gasteiger partial charge in [0.1, 0.15) is 17.3 Å². The van der Waals surface area contributed by atoms with Gasteiger partial charge in [-0.15, -0.1) is 0 Å². The largest absolute Gasteiger partial charge is 0.355 e. The van der Waals surface area contributed by atoms with Gasteiger partial charge >= 0.3 is 0 Å². The van der Waals surface area contributed by atoms with Crippen LogP contribution >= 0.6 is 0 Å². The van der Waals surface area contributed by atoms with Gasteiger partial charge in [0.2, 0.25) is 0 Å². The maximum Gasteiger partial charge on any atom is 0.156 e. The number of piperazine rings is 1. The monoisotopic (exact) mass is 427 g/mol. The zero-order valence-corrected chi connectivity index (χ0v) is 17.9. The van der Waals surface area contributed by atoms with Crippen LogP contribution < -0.4 is 15.1 Å². The van der Waals surface area contributed by atoms with Crippen molar-refractivity contribution in [3.63, 3.8) is 0 Å². The number of fused-ring (bicyclic) bond motifs is 1. The lowest BCUT2D eigenvalue weighted by Gasteiger charge is -2.28. The topological polar surface area (TPSA) is 87.9 Å². The van der Waals surface area contributed by atoms with Crippen LogP contribution in [0.3, 0.4) is 0 Å². The Balaban J connectivity index is 1.37. The summed E-state index contributed by atoms with van der Waals surface area (Å²) in [6.45, 7) is 5.93. The normalized spacial score (nSPS) is 16.8. The number of nitrogens with one attached hydrogen (secondary N) is 1. The molecule has 4 aromatic heterocycles. The predicted molar refractivity (Wildman–Crippen MR) is 124 cm³/mol. The summed E-state index contributed by atoms with van der Waals surface area (Å²) in [5.41, 5.74) is 2.51. The Kier molecular flexibility index (Phi) is 4.87. The molecule has 4 aromatic rings. The molecule has 2 fully saturated rings. The van der Waals surface area contributed by atoms with E-state index in [1.54, 1.807) is 6.20 Å². The molecule has 2 saturated heterocycles. The first-order valence-corrected chi connectivity index (χ1v) is 11.2. The highest BCUT2D eigenvalue weighted by Crippen LogP contribution is 2.25. The molecule has 0 saturated carbocycles. The van der Waals surface area contributed by atoms with Crippen molar-refractivity contribution in [3.05, 3.63) is 49.1 Å². The third kappa shape index (κ3) is 3.54. The van der Waals surface area contributed by atoms with Crippen LogP contribution in [0.15, 0.2) is 49.1 Å². The van der Waals surface area contributed by atoms with E-state index in [9.17, 15) is 0 Å². The van der Waals surface area contributed by atoms with E-state index >= 15 is 0 Å². The van der Waals surface area contributed by atoms with Crippen LogP contribution in [0.1, 0.15) is 12.8 Å². The van der Waals surface area contributed by atoms with Crippen LogP contribution in [0, 0.1) is 0 Å². The standard InChI is InChI=1S/C23H25N9/c1-2-9-30(8-1)23-16-25-15-19(28-23)18-12-20-17(13-26-18)14-27-32(20)22-5-3-4-21(29-22)31-10-6-24-7-11-31/h3-5,12-16,24H,1-2,6-11H2. The summed E-state index contributed by atoms with van der Waals surface area (Å²) >= 11 is 0. The summed E-state index contributed by atoms with van der Waals surface area (Å²) in [6, 6.07) is 8.12. The van der Waals surface area contributed by atoms with E-state index in [-0.39, 0.29) is 0 Å². The SMILES string of the molecule is c1cc(N2CCNCC2)nc(-n2ncc3cnc(-c4cncc(N5CCCC5)n4)cc32)c1. The second-order valence-corrected chi connectivity index (χ2v) is 8.23. The summed E-state index contributed by atoms with van der Waals surface area (Å²) in [6.07, 6.45) is 9.70. The fourth-order valence-corrected chi connectivity index (χ4v) is 4.42. The lowest BCUT2D eigenvalue weighted by Crippen LogP contribution is -2.43. The minimum atomic E-state index is 0.770. The number of anilines is 2. The number of rotatable bonds is 4. The first kappa shape index (κ1) is 19.1. The number of hydrogen-bond donors (Lipinski definition) is 1. The minimum absolute atomic E-state index is 0.770. The van der Waals surface area contributed by atoms with Gasteiger partial charge in [-0.1, -0.05) is 6.07 Å². The van der Waals surface area contributed by atoms with Crippen molar-refractivity contribution < 1.29 is 0 Å². The molecule has 0 atom stereocenters. The van der Waals surface area contributed by atoms with Crippen LogP contribution in [0.2, 0.25) is 0 Å². The highest BCUT2D eigenvalue weighted by atomic mass is 15.3. The maximum atomic E-state index is 4.90. The molecule has 0 unspecified atom stereocenters. The quantitative estimate of drug-likeness (QED) is 0.531. The Bertz CT molecular complexity index is 1240. The van der Waals surface area contributed by atoms with Crippen LogP contribution in [0.25, 0.3) is 28.1 Å². The van der Waals surface area contributed by atoms with E-state index < -0.39 is 0 Å². The van der Waals surface area contributed by atoms with Crippen molar-refractivity contribution in [1.82, 2.24) is 35.0 Å². The molecular weight excluding hydrogens is 402 g/mol. The molecule has 9 nitrogen and oxygen atoms in total. The maximum absolute atomic E-state index is 4.90. The third-order valence-electron chi connectivity index (χ3n) is 6.14. The van der Waals surface area contributed by atoms with E-state index in [0.29, 0.717) is 0 Å². The number of nitrogens with zero attached hydrogens (tertiary/aromatic N) is 8. The molecule has 0 bridgehead atoms. The zero-order chi connectivity index (χ0) is 21.3. The van der Waals surface area contributed by atoms with E-state index in [1.807, 2.05) is 41.5 Å². The van der Waals surface area contributed by atoms with E-state index in [4.69, 9.17) is 9.97 Å². The first-order valence-electron chi connectivity index (χ1n) is 11.2. The van der Waals surface area contributed by atoms with Crippen molar-refractivity contribution >= 4 is 22.5 Å². The van der Waals surface area contributed by atoms with E-state index in [1.165, 1.54) is 12.8 Å². The second kappa shape index (κ2) is 8.16. The Labute approximate surface area is 186 Å². The summed E-state index contributed by atoms with van der Waals surface area (Å²) in [7, 11) is 0. The molecule has 2 aliphatic rings. The van der Waals surface area contributed by atoms with E-state index in [2.05, 4.69) is 36.2 Å². The van der Waals surface area contributed by atoms with Crippen molar-refractivity contribution in [2.45, 2.75) is 12.8 Å². The molecule has 6 heterocycles. The first-order chi connectivity index (χ1) is 15.8. The van der Waals surface area contributed by atoms with Gasteiger partial charge in [0, 0.05) is 50.9 Å². The molecule has 9 heteroatoms. The number of hydrogen-bond acceptors (Lipinski definition) is 8. The molecule has 0 aliphatic carbocycles. The predicted octanol–water partition coefficient (Wildman–Crippen LogP) is 2.28. The van der Waals surface area contributed by atoms with Crippen molar-refractivity contribution in [1.29, 1.82) is 0 Å². The highest BCUT2D eigenvalue weighted by molar-refractivity contribution is 5.82. The van der Waals surface area contributed by atoms with Crippen LogP contribution in [-0.2, 0) is 0 Å². The number of pyridine rings is 2. The fourth-order valence-electron chi connectivity index (χ4n) is 4.42. The van der Waals surface area contributed by atoms with Crippen molar-refractivity contribution in [2.24, 2.45) is 0 Å². The lowest BCUT2D eigenvalue weighted by molar-refractivity contribution is 0.584. The third-order valence-corrected chi connectivity index (χ3v) is 6.14. The minimum Gasteiger partial charge on any atom is -0.355 e. The average Bonchev–Trinajstić information content (AvgIpc) is 3.55.